The van der Waals surface area contributed by atoms with E-state index in [4.69, 9.17) is 27.9 Å². The second kappa shape index (κ2) is 6.48. The van der Waals surface area contributed by atoms with Crippen molar-refractivity contribution >= 4 is 29.2 Å². The van der Waals surface area contributed by atoms with Crippen LogP contribution in [0.15, 0.2) is 24.4 Å². The molecule has 1 atom stereocenters. The molecule has 2 aromatic rings. The molecule has 0 radical (unpaired) electrons. The van der Waals surface area contributed by atoms with Gasteiger partial charge in [-0.25, -0.2) is 4.98 Å². The number of hydrogen-bond donors (Lipinski definition) is 1. The Labute approximate surface area is 128 Å². The first-order valence-electron chi connectivity index (χ1n) is 6.27. The molecule has 0 aliphatic rings. The Morgan fingerprint density at radius 3 is 2.55 bits per heavy atom. The quantitative estimate of drug-likeness (QED) is 0.909. The summed E-state index contributed by atoms with van der Waals surface area (Å²) in [5, 5.41) is 4.50. The smallest absolute Gasteiger partial charge is 0.208 e. The van der Waals surface area contributed by atoms with Gasteiger partial charge in [0, 0.05) is 29.4 Å². The maximum absolute atomic E-state index is 6.06. The van der Waals surface area contributed by atoms with Crippen molar-refractivity contribution in [3.8, 4) is 5.69 Å². The number of nitrogens with zero attached hydrogens (tertiary/aromatic N) is 2. The first kappa shape index (κ1) is 15.2. The summed E-state index contributed by atoms with van der Waals surface area (Å²) in [4.78, 5) is 4.48. The van der Waals surface area contributed by atoms with Gasteiger partial charge in [-0.1, -0.05) is 23.2 Å². The Morgan fingerprint density at radius 2 is 1.95 bits per heavy atom. The molecule has 1 N–H and O–H groups in total. The molecular formula is C14H17Cl2N3O. The number of anilines is 1. The van der Waals surface area contributed by atoms with E-state index in [2.05, 4.69) is 10.3 Å². The zero-order chi connectivity index (χ0) is 14.7. The molecule has 1 aromatic carbocycles. The molecule has 20 heavy (non-hydrogen) atoms. The minimum atomic E-state index is 0.148. The maximum Gasteiger partial charge on any atom is 0.208 e. The summed E-state index contributed by atoms with van der Waals surface area (Å²) in [5.41, 5.74) is 1.78. The molecule has 0 saturated carbocycles. The van der Waals surface area contributed by atoms with Gasteiger partial charge in [0.25, 0.3) is 0 Å². The van der Waals surface area contributed by atoms with Crippen LogP contribution in [0.1, 0.15) is 12.6 Å². The predicted molar refractivity (Wildman–Crippen MR) is 83.3 cm³/mol. The van der Waals surface area contributed by atoms with Crippen molar-refractivity contribution in [2.75, 3.05) is 19.0 Å². The third-order valence-electron chi connectivity index (χ3n) is 2.74. The molecule has 1 heterocycles. The van der Waals surface area contributed by atoms with E-state index < -0.39 is 0 Å². The van der Waals surface area contributed by atoms with Gasteiger partial charge >= 0.3 is 0 Å². The molecule has 0 aliphatic heterocycles. The highest BCUT2D eigenvalue weighted by molar-refractivity contribution is 6.34. The van der Waals surface area contributed by atoms with Gasteiger partial charge in [0.05, 0.1) is 18.0 Å². The van der Waals surface area contributed by atoms with Crippen LogP contribution in [-0.2, 0) is 4.74 Å². The minimum absolute atomic E-state index is 0.148. The highest BCUT2D eigenvalue weighted by atomic mass is 35.5. The summed E-state index contributed by atoms with van der Waals surface area (Å²) < 4.78 is 7.05. The summed E-state index contributed by atoms with van der Waals surface area (Å²) in [7, 11) is 1.67. The lowest BCUT2D eigenvalue weighted by atomic mass is 10.3. The molecule has 1 aromatic heterocycles. The fourth-order valence-electron chi connectivity index (χ4n) is 1.99. The Bertz CT molecular complexity index is 578. The van der Waals surface area contributed by atoms with Crippen LogP contribution in [0.2, 0.25) is 10.0 Å². The van der Waals surface area contributed by atoms with Gasteiger partial charge in [0.2, 0.25) is 5.95 Å². The maximum atomic E-state index is 6.06. The van der Waals surface area contributed by atoms with E-state index in [0.717, 1.165) is 17.3 Å². The number of halogens is 2. The van der Waals surface area contributed by atoms with Crippen molar-refractivity contribution in [1.29, 1.82) is 0 Å². The highest BCUT2D eigenvalue weighted by Gasteiger charge is 2.11. The SMILES string of the molecule is COCC(C)Nc1nc(C)cn1-c1cc(Cl)cc(Cl)c1. The van der Waals surface area contributed by atoms with Gasteiger partial charge in [-0.15, -0.1) is 0 Å². The largest absolute Gasteiger partial charge is 0.383 e. The van der Waals surface area contributed by atoms with Crippen molar-refractivity contribution in [1.82, 2.24) is 9.55 Å². The number of aryl methyl sites for hydroxylation is 1. The van der Waals surface area contributed by atoms with Gasteiger partial charge in [0.1, 0.15) is 0 Å². The third kappa shape index (κ3) is 3.66. The summed E-state index contributed by atoms with van der Waals surface area (Å²) in [6.07, 6.45) is 1.93. The van der Waals surface area contributed by atoms with Crippen LogP contribution in [0.5, 0.6) is 0 Å². The second-order valence-corrected chi connectivity index (χ2v) is 5.58. The molecule has 0 aliphatic carbocycles. The van der Waals surface area contributed by atoms with Crippen LogP contribution in [-0.4, -0.2) is 29.3 Å². The van der Waals surface area contributed by atoms with E-state index in [-0.39, 0.29) is 6.04 Å². The highest BCUT2D eigenvalue weighted by Crippen LogP contribution is 2.24. The van der Waals surface area contributed by atoms with Crippen LogP contribution in [0.3, 0.4) is 0 Å². The average molecular weight is 314 g/mol. The number of methoxy groups -OCH3 is 1. The molecule has 2 rings (SSSR count). The van der Waals surface area contributed by atoms with Crippen LogP contribution >= 0.6 is 23.2 Å². The molecule has 0 amide bonds. The van der Waals surface area contributed by atoms with E-state index in [1.54, 1.807) is 13.2 Å². The van der Waals surface area contributed by atoms with E-state index in [9.17, 15) is 0 Å². The lowest BCUT2D eigenvalue weighted by Crippen LogP contribution is -2.22. The van der Waals surface area contributed by atoms with Crippen molar-refractivity contribution < 1.29 is 4.74 Å². The average Bonchev–Trinajstić information content (AvgIpc) is 2.69. The number of rotatable bonds is 5. The Kier molecular flexibility index (Phi) is 4.91. The molecule has 0 saturated heterocycles. The normalized spacial score (nSPS) is 12.4. The van der Waals surface area contributed by atoms with Crippen LogP contribution in [0.4, 0.5) is 5.95 Å². The third-order valence-corrected chi connectivity index (χ3v) is 3.18. The zero-order valence-electron chi connectivity index (χ0n) is 11.7. The predicted octanol–water partition coefficient (Wildman–Crippen LogP) is 3.93. The lowest BCUT2D eigenvalue weighted by molar-refractivity contribution is 0.190. The monoisotopic (exact) mass is 313 g/mol. The van der Waals surface area contributed by atoms with Gasteiger partial charge < -0.3 is 10.1 Å². The van der Waals surface area contributed by atoms with E-state index in [1.165, 1.54) is 0 Å². The number of nitrogens with one attached hydrogen (secondary N) is 1. The Hall–Kier alpha value is -1.23. The van der Waals surface area contributed by atoms with Crippen LogP contribution in [0.25, 0.3) is 5.69 Å². The number of aromatic nitrogens is 2. The van der Waals surface area contributed by atoms with Gasteiger partial charge in [-0.3, -0.25) is 4.57 Å². The summed E-state index contributed by atoms with van der Waals surface area (Å²) in [5.74, 6) is 0.741. The van der Waals surface area contributed by atoms with Crippen LogP contribution < -0.4 is 5.32 Å². The number of ether oxygens (including phenoxy) is 1. The van der Waals surface area contributed by atoms with Crippen LogP contribution in [0, 0.1) is 6.92 Å². The Balaban J connectivity index is 2.36. The molecular weight excluding hydrogens is 297 g/mol. The molecule has 0 bridgehead atoms. The van der Waals surface area contributed by atoms with Crippen molar-refractivity contribution in [2.24, 2.45) is 0 Å². The summed E-state index contributed by atoms with van der Waals surface area (Å²) in [6, 6.07) is 5.55. The molecule has 0 spiro atoms. The number of benzene rings is 1. The fraction of sp³-hybridized carbons (Fsp3) is 0.357. The summed E-state index contributed by atoms with van der Waals surface area (Å²) in [6.45, 7) is 4.57. The fourth-order valence-corrected chi connectivity index (χ4v) is 2.50. The molecule has 6 heteroatoms. The zero-order valence-corrected chi connectivity index (χ0v) is 13.2. The standard InChI is InChI=1S/C14H17Cl2N3O/c1-9-7-19(13-5-11(15)4-12(16)6-13)14(17-9)18-10(2)8-20-3/h4-7,10H,8H2,1-3H3,(H,17,18). The molecule has 4 nitrogen and oxygen atoms in total. The number of imidazole rings is 1. The first-order chi connectivity index (χ1) is 9.49. The van der Waals surface area contributed by atoms with Gasteiger partial charge in [-0.05, 0) is 32.0 Å². The second-order valence-electron chi connectivity index (χ2n) is 4.70. The topological polar surface area (TPSA) is 39.1 Å². The first-order valence-corrected chi connectivity index (χ1v) is 7.03. The van der Waals surface area contributed by atoms with Gasteiger partial charge in [-0.2, -0.15) is 0 Å². The molecule has 108 valence electrons. The lowest BCUT2D eigenvalue weighted by Gasteiger charge is -2.15. The van der Waals surface area contributed by atoms with Crippen molar-refractivity contribution in [3.63, 3.8) is 0 Å². The van der Waals surface area contributed by atoms with Crippen molar-refractivity contribution in [3.05, 3.63) is 40.1 Å². The minimum Gasteiger partial charge on any atom is -0.383 e. The number of hydrogen-bond acceptors (Lipinski definition) is 3. The van der Waals surface area contributed by atoms with E-state index in [1.807, 2.05) is 36.7 Å². The van der Waals surface area contributed by atoms with Crippen molar-refractivity contribution in [2.45, 2.75) is 19.9 Å². The molecule has 1 unspecified atom stereocenters. The Morgan fingerprint density at radius 1 is 1.30 bits per heavy atom. The summed E-state index contributed by atoms with van der Waals surface area (Å²) >= 11 is 12.1. The van der Waals surface area contributed by atoms with E-state index >= 15 is 0 Å². The van der Waals surface area contributed by atoms with E-state index in [0.29, 0.717) is 16.7 Å². The molecule has 0 fully saturated rings. The van der Waals surface area contributed by atoms with Gasteiger partial charge in [0.15, 0.2) is 0 Å².